The molecule has 0 fully saturated rings. The summed E-state index contributed by atoms with van der Waals surface area (Å²) in [5.74, 6) is 0.268. The fourth-order valence-electron chi connectivity index (χ4n) is 4.19. The van der Waals surface area contributed by atoms with Crippen LogP contribution in [0.25, 0.3) is 10.9 Å². The Labute approximate surface area is 190 Å². The van der Waals surface area contributed by atoms with Crippen molar-refractivity contribution in [3.05, 3.63) is 51.9 Å². The second-order valence-electron chi connectivity index (χ2n) is 7.78. The van der Waals surface area contributed by atoms with Crippen LogP contribution < -0.4 is 0 Å². The van der Waals surface area contributed by atoms with Gasteiger partial charge in [-0.1, -0.05) is 48.8 Å². The molecule has 1 atom stereocenters. The number of aromatic nitrogens is 2. The van der Waals surface area contributed by atoms with Crippen molar-refractivity contribution < 1.29 is 9.53 Å². The van der Waals surface area contributed by atoms with Gasteiger partial charge in [0.15, 0.2) is 0 Å². The van der Waals surface area contributed by atoms with E-state index in [0.29, 0.717) is 23.1 Å². The van der Waals surface area contributed by atoms with Crippen molar-refractivity contribution in [1.82, 2.24) is 9.55 Å². The van der Waals surface area contributed by atoms with E-state index in [0.717, 1.165) is 28.5 Å². The van der Waals surface area contributed by atoms with Gasteiger partial charge >= 0.3 is 5.97 Å². The van der Waals surface area contributed by atoms with Crippen LogP contribution in [0.3, 0.4) is 0 Å². The number of ether oxygens (including phenoxy) is 1. The molecule has 1 aromatic carbocycles. The zero-order chi connectivity index (χ0) is 21.4. The van der Waals surface area contributed by atoms with Gasteiger partial charge in [0.05, 0.1) is 34.3 Å². The number of hydrogen-bond donors (Lipinski definition) is 0. The third-order valence-electron chi connectivity index (χ3n) is 5.46. The Hall–Kier alpha value is -1.69. The molecule has 0 amide bonds. The average molecular weight is 463 g/mol. The zero-order valence-corrected chi connectivity index (χ0v) is 19.6. The third-order valence-corrected chi connectivity index (χ3v) is 7.31. The Morgan fingerprint density at radius 3 is 2.80 bits per heavy atom. The molecule has 0 N–H and O–H groups in total. The number of carbonyl (C=O) groups excluding carboxylic acids is 1. The van der Waals surface area contributed by atoms with Gasteiger partial charge in [0, 0.05) is 39.5 Å². The Morgan fingerprint density at radius 1 is 1.30 bits per heavy atom. The Kier molecular flexibility index (Phi) is 6.33. The van der Waals surface area contributed by atoms with Gasteiger partial charge in [-0.15, -0.1) is 0 Å². The molecule has 0 saturated heterocycles. The number of carbonyl (C=O) groups is 1. The molecule has 4 nitrogen and oxygen atoms in total. The topological polar surface area (TPSA) is 44.1 Å². The molecule has 3 aromatic rings. The van der Waals surface area contributed by atoms with E-state index in [9.17, 15) is 4.79 Å². The first-order valence-corrected chi connectivity index (χ1v) is 11.8. The van der Waals surface area contributed by atoms with E-state index < -0.39 is 0 Å². The first-order valence-electron chi connectivity index (χ1n) is 10.2. The van der Waals surface area contributed by atoms with Crippen LogP contribution >= 0.6 is 35.0 Å². The molecule has 7 heteroatoms. The van der Waals surface area contributed by atoms with Crippen LogP contribution in [0.15, 0.2) is 40.3 Å². The van der Waals surface area contributed by atoms with Gasteiger partial charge < -0.3 is 9.30 Å². The quantitative estimate of drug-likeness (QED) is 0.367. The standard InChI is InChI=1S/C23H24Cl2N2O2S/c1-4-29-19(28)11-14-8-10-27-18-7-9-26-21(13(2)3)20(18)23(22(14)27)30-15-5-6-16(24)17(25)12-15/h5-7,9,12-14H,4,8,10-11H2,1-3H3. The lowest BCUT2D eigenvalue weighted by molar-refractivity contribution is -0.143. The molecule has 0 radical (unpaired) electrons. The largest absolute Gasteiger partial charge is 0.466 e. The van der Waals surface area contributed by atoms with E-state index in [-0.39, 0.29) is 17.8 Å². The van der Waals surface area contributed by atoms with Crippen LogP contribution in [0.2, 0.25) is 10.0 Å². The van der Waals surface area contributed by atoms with Crippen molar-refractivity contribution >= 4 is 51.8 Å². The summed E-state index contributed by atoms with van der Waals surface area (Å²) in [5, 5.41) is 2.25. The van der Waals surface area contributed by atoms with Crippen molar-refractivity contribution in [2.75, 3.05) is 6.61 Å². The summed E-state index contributed by atoms with van der Waals surface area (Å²) >= 11 is 14.1. The van der Waals surface area contributed by atoms with Crippen molar-refractivity contribution in [3.63, 3.8) is 0 Å². The minimum Gasteiger partial charge on any atom is -0.466 e. The van der Waals surface area contributed by atoms with Gasteiger partial charge in [-0.2, -0.15) is 0 Å². The van der Waals surface area contributed by atoms with E-state index in [1.807, 2.05) is 31.3 Å². The number of pyridine rings is 1. The Balaban J connectivity index is 1.87. The summed E-state index contributed by atoms with van der Waals surface area (Å²) in [4.78, 5) is 19.1. The highest BCUT2D eigenvalue weighted by Gasteiger charge is 2.33. The highest BCUT2D eigenvalue weighted by Crippen LogP contribution is 2.48. The summed E-state index contributed by atoms with van der Waals surface area (Å²) in [5.41, 5.74) is 3.45. The Morgan fingerprint density at radius 2 is 2.10 bits per heavy atom. The van der Waals surface area contributed by atoms with E-state index in [1.165, 1.54) is 16.6 Å². The summed E-state index contributed by atoms with van der Waals surface area (Å²) < 4.78 is 7.60. The molecule has 0 aliphatic carbocycles. The van der Waals surface area contributed by atoms with E-state index in [1.54, 1.807) is 11.8 Å². The van der Waals surface area contributed by atoms with Crippen LogP contribution in [-0.2, 0) is 16.1 Å². The van der Waals surface area contributed by atoms with E-state index in [4.69, 9.17) is 32.9 Å². The average Bonchev–Trinajstić information content (AvgIpc) is 3.24. The lowest BCUT2D eigenvalue weighted by Gasteiger charge is -2.13. The van der Waals surface area contributed by atoms with Crippen molar-refractivity contribution in [2.24, 2.45) is 0 Å². The maximum Gasteiger partial charge on any atom is 0.306 e. The molecule has 30 heavy (non-hydrogen) atoms. The molecule has 158 valence electrons. The summed E-state index contributed by atoms with van der Waals surface area (Å²) in [7, 11) is 0. The molecule has 0 bridgehead atoms. The fourth-order valence-corrected chi connectivity index (χ4v) is 5.80. The smallest absolute Gasteiger partial charge is 0.306 e. The fraction of sp³-hybridized carbons (Fsp3) is 0.391. The van der Waals surface area contributed by atoms with Crippen molar-refractivity contribution in [3.8, 4) is 0 Å². The number of rotatable bonds is 6. The number of nitrogens with zero attached hydrogens (tertiary/aromatic N) is 2. The van der Waals surface area contributed by atoms with Gasteiger partial charge in [-0.3, -0.25) is 9.78 Å². The van der Waals surface area contributed by atoms with Gasteiger partial charge in [-0.05, 0) is 43.5 Å². The SMILES string of the molecule is CCOC(=O)CC1CCn2c1c(Sc1ccc(Cl)c(Cl)c1)c1c(C(C)C)nccc12. The summed E-state index contributed by atoms with van der Waals surface area (Å²) in [6, 6.07) is 7.78. The minimum absolute atomic E-state index is 0.127. The third kappa shape index (κ3) is 3.95. The van der Waals surface area contributed by atoms with Crippen LogP contribution in [0.4, 0.5) is 0 Å². The predicted molar refractivity (Wildman–Crippen MR) is 123 cm³/mol. The number of fused-ring (bicyclic) bond motifs is 3. The maximum absolute atomic E-state index is 12.3. The lowest BCUT2D eigenvalue weighted by atomic mass is 9.99. The van der Waals surface area contributed by atoms with E-state index >= 15 is 0 Å². The normalized spacial score (nSPS) is 15.7. The number of hydrogen-bond acceptors (Lipinski definition) is 4. The van der Waals surface area contributed by atoms with Crippen LogP contribution in [-0.4, -0.2) is 22.1 Å². The summed E-state index contributed by atoms with van der Waals surface area (Å²) in [6.07, 6.45) is 3.21. The first kappa shape index (κ1) is 21.5. The van der Waals surface area contributed by atoms with Crippen LogP contribution in [0.5, 0.6) is 0 Å². The number of halogens is 2. The maximum atomic E-state index is 12.3. The highest BCUT2D eigenvalue weighted by atomic mass is 35.5. The molecule has 1 aliphatic rings. The molecular formula is C23H24Cl2N2O2S. The van der Waals surface area contributed by atoms with Crippen LogP contribution in [0, 0.1) is 0 Å². The van der Waals surface area contributed by atoms with Gasteiger partial charge in [0.1, 0.15) is 0 Å². The molecule has 0 spiro atoms. The lowest BCUT2D eigenvalue weighted by Crippen LogP contribution is -2.09. The highest BCUT2D eigenvalue weighted by molar-refractivity contribution is 7.99. The number of esters is 1. The van der Waals surface area contributed by atoms with E-state index in [2.05, 4.69) is 24.5 Å². The molecule has 0 saturated carbocycles. The molecule has 1 aliphatic heterocycles. The Bertz CT molecular complexity index is 1110. The number of aryl methyl sites for hydroxylation is 1. The summed E-state index contributed by atoms with van der Waals surface area (Å²) in [6.45, 7) is 7.46. The number of benzene rings is 1. The van der Waals surface area contributed by atoms with Crippen molar-refractivity contribution in [1.29, 1.82) is 0 Å². The van der Waals surface area contributed by atoms with Crippen LogP contribution in [0.1, 0.15) is 56.8 Å². The second kappa shape index (κ2) is 8.81. The molecule has 1 unspecified atom stereocenters. The molecule has 4 rings (SSSR count). The molecule has 3 heterocycles. The van der Waals surface area contributed by atoms with Crippen molar-refractivity contribution in [2.45, 2.75) is 61.8 Å². The predicted octanol–water partition coefficient (Wildman–Crippen LogP) is 7.06. The molecular weight excluding hydrogens is 439 g/mol. The zero-order valence-electron chi connectivity index (χ0n) is 17.2. The van der Waals surface area contributed by atoms with Gasteiger partial charge in [-0.25, -0.2) is 0 Å². The minimum atomic E-state index is -0.145. The monoisotopic (exact) mass is 462 g/mol. The first-order chi connectivity index (χ1) is 14.4. The van der Waals surface area contributed by atoms with Gasteiger partial charge in [0.25, 0.3) is 0 Å². The van der Waals surface area contributed by atoms with Gasteiger partial charge in [0.2, 0.25) is 0 Å². The second-order valence-corrected chi connectivity index (χ2v) is 9.68. The molecule has 2 aromatic heterocycles.